The van der Waals surface area contributed by atoms with Crippen molar-refractivity contribution < 1.29 is 13.3 Å². The van der Waals surface area contributed by atoms with Crippen molar-refractivity contribution in [3.05, 3.63) is 58.6 Å². The summed E-state index contributed by atoms with van der Waals surface area (Å²) in [5.74, 6) is 2.61. The van der Waals surface area contributed by atoms with E-state index in [1.165, 1.54) is 12.1 Å². The molecule has 0 amide bonds. The van der Waals surface area contributed by atoms with E-state index in [1.54, 1.807) is 30.3 Å². The minimum Gasteiger partial charge on any atom is -0.363 e. The van der Waals surface area contributed by atoms with E-state index in [4.69, 9.17) is 6.42 Å². The molecule has 0 atom stereocenters. The number of benzene rings is 2. The topological polar surface area (TPSA) is 95.8 Å². The van der Waals surface area contributed by atoms with Gasteiger partial charge in [0.25, 0.3) is 15.7 Å². The Morgan fingerprint density at radius 2 is 1.79 bits per heavy atom. The summed E-state index contributed by atoms with van der Waals surface area (Å²) >= 11 is 0. The van der Waals surface area contributed by atoms with Crippen LogP contribution in [0.3, 0.4) is 0 Å². The average molecular weight is 414 g/mol. The molecule has 1 saturated heterocycles. The first-order valence-corrected chi connectivity index (χ1v) is 10.7. The van der Waals surface area contributed by atoms with E-state index in [-0.39, 0.29) is 10.6 Å². The molecule has 1 N–H and O–H groups in total. The van der Waals surface area contributed by atoms with E-state index >= 15 is 0 Å². The fourth-order valence-corrected chi connectivity index (χ4v) is 4.32. The molecular formula is C20H22N4O4S. The Hall–Kier alpha value is -3.09. The summed E-state index contributed by atoms with van der Waals surface area (Å²) < 4.78 is 27.7. The minimum absolute atomic E-state index is 0.149. The van der Waals surface area contributed by atoms with E-state index in [1.807, 2.05) is 4.90 Å². The summed E-state index contributed by atoms with van der Waals surface area (Å²) in [6.45, 7) is 3.51. The number of rotatable bonds is 7. The molecule has 2 aromatic carbocycles. The molecule has 0 saturated carbocycles. The molecule has 152 valence electrons. The van der Waals surface area contributed by atoms with Gasteiger partial charge in [0.2, 0.25) is 0 Å². The average Bonchev–Trinajstić information content (AvgIpc) is 2.72. The second-order valence-corrected chi connectivity index (χ2v) is 8.34. The Balaban J connectivity index is 1.81. The number of anilines is 2. The number of nitrogens with zero attached hydrogens (tertiary/aromatic N) is 3. The third-order valence-electron chi connectivity index (χ3n) is 4.77. The lowest BCUT2D eigenvalue weighted by Crippen LogP contribution is -2.46. The van der Waals surface area contributed by atoms with Crippen LogP contribution in [0.4, 0.5) is 17.1 Å². The molecule has 1 heterocycles. The molecule has 29 heavy (non-hydrogen) atoms. The van der Waals surface area contributed by atoms with Crippen LogP contribution in [-0.4, -0.2) is 51.0 Å². The van der Waals surface area contributed by atoms with Crippen LogP contribution in [0.2, 0.25) is 0 Å². The van der Waals surface area contributed by atoms with E-state index in [0.29, 0.717) is 30.9 Å². The maximum atomic E-state index is 12.6. The molecule has 2 aromatic rings. The normalized spacial score (nSPS) is 14.9. The highest BCUT2D eigenvalue weighted by Crippen LogP contribution is 2.32. The van der Waals surface area contributed by atoms with Crippen molar-refractivity contribution in [1.29, 1.82) is 0 Å². The number of piperazine rings is 1. The maximum absolute atomic E-state index is 12.6. The molecule has 9 heteroatoms. The fraction of sp³-hybridized carbons (Fsp3) is 0.300. The smallest absolute Gasteiger partial charge is 0.293 e. The van der Waals surface area contributed by atoms with Gasteiger partial charge in [0.1, 0.15) is 5.69 Å². The van der Waals surface area contributed by atoms with Gasteiger partial charge < -0.3 is 4.90 Å². The van der Waals surface area contributed by atoms with Crippen LogP contribution in [0.25, 0.3) is 0 Å². The van der Waals surface area contributed by atoms with Crippen molar-refractivity contribution in [2.75, 3.05) is 42.3 Å². The first kappa shape index (κ1) is 20.6. The van der Waals surface area contributed by atoms with Crippen molar-refractivity contribution in [2.24, 2.45) is 0 Å². The van der Waals surface area contributed by atoms with Crippen LogP contribution in [0, 0.1) is 22.5 Å². The lowest BCUT2D eigenvalue weighted by Gasteiger charge is -2.35. The predicted molar refractivity (Wildman–Crippen MR) is 112 cm³/mol. The van der Waals surface area contributed by atoms with Gasteiger partial charge in [-0.3, -0.25) is 19.7 Å². The van der Waals surface area contributed by atoms with Gasteiger partial charge in [-0.25, -0.2) is 8.42 Å². The predicted octanol–water partition coefficient (Wildman–Crippen LogP) is 2.54. The SMILES string of the molecule is C#CCCN1CCN(c2ccc(S(=O)(=O)Nc3ccccc3)cc2[N+](=O)[O-])CC1. The maximum Gasteiger partial charge on any atom is 0.293 e. The summed E-state index contributed by atoms with van der Waals surface area (Å²) in [7, 11) is -3.94. The summed E-state index contributed by atoms with van der Waals surface area (Å²) in [5.41, 5.74) is 0.589. The van der Waals surface area contributed by atoms with Gasteiger partial charge in [0.05, 0.1) is 9.82 Å². The van der Waals surface area contributed by atoms with Crippen LogP contribution in [0.15, 0.2) is 53.4 Å². The third kappa shape index (κ3) is 5.04. The Kier molecular flexibility index (Phi) is 6.36. The molecule has 8 nitrogen and oxygen atoms in total. The van der Waals surface area contributed by atoms with Crippen LogP contribution in [0.1, 0.15) is 6.42 Å². The fourth-order valence-electron chi connectivity index (χ4n) is 3.24. The van der Waals surface area contributed by atoms with Gasteiger partial charge >= 0.3 is 0 Å². The number of nitro benzene ring substituents is 1. The number of hydrogen-bond donors (Lipinski definition) is 1. The first-order chi connectivity index (χ1) is 13.9. The lowest BCUT2D eigenvalue weighted by atomic mass is 10.2. The minimum atomic E-state index is -3.94. The zero-order valence-electron chi connectivity index (χ0n) is 15.8. The molecule has 0 aliphatic carbocycles. The van der Waals surface area contributed by atoms with Crippen molar-refractivity contribution in [3.63, 3.8) is 0 Å². The largest absolute Gasteiger partial charge is 0.363 e. The van der Waals surface area contributed by atoms with Crippen molar-refractivity contribution >= 4 is 27.1 Å². The van der Waals surface area contributed by atoms with E-state index < -0.39 is 14.9 Å². The Morgan fingerprint density at radius 1 is 1.10 bits per heavy atom. The van der Waals surface area contributed by atoms with Crippen LogP contribution < -0.4 is 9.62 Å². The van der Waals surface area contributed by atoms with Crippen LogP contribution >= 0.6 is 0 Å². The zero-order chi connectivity index (χ0) is 20.9. The number of terminal acetylenes is 1. The van der Waals surface area contributed by atoms with Crippen molar-refractivity contribution in [3.8, 4) is 12.3 Å². The van der Waals surface area contributed by atoms with E-state index in [2.05, 4.69) is 15.5 Å². The quantitative estimate of drug-likeness (QED) is 0.425. The van der Waals surface area contributed by atoms with E-state index in [9.17, 15) is 18.5 Å². The summed E-state index contributed by atoms with van der Waals surface area (Å²) in [6.07, 6.45) is 5.97. The van der Waals surface area contributed by atoms with Crippen LogP contribution in [-0.2, 0) is 10.0 Å². The van der Waals surface area contributed by atoms with E-state index in [0.717, 1.165) is 25.7 Å². The molecule has 0 aromatic heterocycles. The highest BCUT2D eigenvalue weighted by molar-refractivity contribution is 7.92. The standard InChI is InChI=1S/C20H22N4O4S/c1-2-3-11-22-12-14-23(15-13-22)19-10-9-18(16-20(19)24(25)26)29(27,28)21-17-7-5-4-6-8-17/h1,4-10,16,21H,3,11-15H2. The van der Waals surface area contributed by atoms with Gasteiger partial charge in [-0.2, -0.15) is 0 Å². The van der Waals surface area contributed by atoms with Gasteiger partial charge in [-0.05, 0) is 24.3 Å². The van der Waals surface area contributed by atoms with Gasteiger partial charge in [0.15, 0.2) is 0 Å². The summed E-state index contributed by atoms with van der Waals surface area (Å²) in [4.78, 5) is 15.1. The Morgan fingerprint density at radius 3 is 2.41 bits per heavy atom. The lowest BCUT2D eigenvalue weighted by molar-refractivity contribution is -0.384. The number of nitro groups is 1. The Labute approximate surface area is 170 Å². The number of nitrogens with one attached hydrogen (secondary N) is 1. The molecule has 0 unspecified atom stereocenters. The molecule has 0 bridgehead atoms. The highest BCUT2D eigenvalue weighted by atomic mass is 32.2. The second kappa shape index (κ2) is 8.94. The summed E-state index contributed by atoms with van der Waals surface area (Å²) in [5, 5.41) is 11.6. The second-order valence-electron chi connectivity index (χ2n) is 6.66. The molecule has 1 aliphatic rings. The highest BCUT2D eigenvalue weighted by Gasteiger charge is 2.26. The molecule has 0 spiro atoms. The molecule has 0 radical (unpaired) electrons. The Bertz CT molecular complexity index is 1010. The van der Waals surface area contributed by atoms with Gasteiger partial charge in [-0.1, -0.05) is 18.2 Å². The molecule has 1 fully saturated rings. The monoisotopic (exact) mass is 414 g/mol. The number of hydrogen-bond acceptors (Lipinski definition) is 6. The summed E-state index contributed by atoms with van der Waals surface area (Å²) in [6, 6.07) is 12.4. The molecule has 3 rings (SSSR count). The van der Waals surface area contributed by atoms with Crippen LogP contribution in [0.5, 0.6) is 0 Å². The van der Waals surface area contributed by atoms with Crippen molar-refractivity contribution in [1.82, 2.24) is 4.90 Å². The molecule has 1 aliphatic heterocycles. The number of sulfonamides is 1. The zero-order valence-corrected chi connectivity index (χ0v) is 16.6. The van der Waals surface area contributed by atoms with Gasteiger partial charge in [-0.15, -0.1) is 12.3 Å². The third-order valence-corrected chi connectivity index (χ3v) is 6.14. The molecular weight excluding hydrogens is 392 g/mol. The first-order valence-electron chi connectivity index (χ1n) is 9.18. The number of para-hydroxylation sites is 1. The van der Waals surface area contributed by atoms with Gasteiger partial charge in [0, 0.05) is 50.9 Å². The van der Waals surface area contributed by atoms with Crippen molar-refractivity contribution in [2.45, 2.75) is 11.3 Å².